The number of ether oxygens (including phenoxy) is 1. The predicted molar refractivity (Wildman–Crippen MR) is 141 cm³/mol. The van der Waals surface area contributed by atoms with Gasteiger partial charge in [-0.3, -0.25) is 4.79 Å². The van der Waals surface area contributed by atoms with Crippen molar-refractivity contribution in [1.29, 1.82) is 0 Å². The number of methoxy groups -OCH3 is 1. The molecule has 0 aliphatic carbocycles. The molecule has 2 aromatic carbocycles. The lowest BCUT2D eigenvalue weighted by molar-refractivity contribution is -0.136. The van der Waals surface area contributed by atoms with Gasteiger partial charge in [0, 0.05) is 30.1 Å². The summed E-state index contributed by atoms with van der Waals surface area (Å²) >= 11 is 0. The van der Waals surface area contributed by atoms with Gasteiger partial charge < -0.3 is 14.5 Å². The Morgan fingerprint density at radius 3 is 2.36 bits per heavy atom. The number of aromatic nitrogens is 2. The second-order valence-corrected chi connectivity index (χ2v) is 9.65. The van der Waals surface area contributed by atoms with E-state index in [0.717, 1.165) is 48.1 Å². The van der Waals surface area contributed by atoms with Crippen molar-refractivity contribution < 1.29 is 14.3 Å². The number of likely N-dealkylation sites (tertiary alicyclic amines) is 2. The van der Waals surface area contributed by atoms with Crippen molar-refractivity contribution in [3.63, 3.8) is 0 Å². The number of nitrogens with zero attached hydrogens (tertiary/aromatic N) is 4. The molecule has 3 aromatic rings. The first-order chi connectivity index (χ1) is 17.6. The van der Waals surface area contributed by atoms with Crippen LogP contribution in [0.3, 0.4) is 0 Å². The van der Waals surface area contributed by atoms with Crippen LogP contribution < -0.4 is 0 Å². The number of benzene rings is 2. The summed E-state index contributed by atoms with van der Waals surface area (Å²) < 4.78 is 6.71. The van der Waals surface area contributed by atoms with Crippen LogP contribution in [0.2, 0.25) is 0 Å². The molecule has 3 heterocycles. The monoisotopic (exact) mass is 486 g/mol. The molecule has 7 heteroatoms. The molecular weight excluding hydrogens is 452 g/mol. The summed E-state index contributed by atoms with van der Waals surface area (Å²) in [6, 6.07) is 16.3. The van der Waals surface area contributed by atoms with Crippen LogP contribution in [0.4, 0.5) is 0 Å². The quantitative estimate of drug-likeness (QED) is 0.373. The number of esters is 1. The van der Waals surface area contributed by atoms with Crippen LogP contribution in [-0.2, 0) is 9.53 Å². The highest BCUT2D eigenvalue weighted by Gasteiger charge is 2.30. The van der Waals surface area contributed by atoms with Crippen molar-refractivity contribution in [3.8, 4) is 5.69 Å². The molecule has 0 saturated carbocycles. The van der Waals surface area contributed by atoms with Crippen molar-refractivity contribution in [2.75, 3.05) is 33.3 Å². The fraction of sp³-hybridized carbons (Fsp3) is 0.414. The van der Waals surface area contributed by atoms with Crippen molar-refractivity contribution >= 4 is 28.9 Å². The third kappa shape index (κ3) is 4.80. The Labute approximate surface area is 212 Å². The van der Waals surface area contributed by atoms with E-state index in [1.165, 1.54) is 33.0 Å². The van der Waals surface area contributed by atoms with Crippen molar-refractivity contribution in [2.24, 2.45) is 0 Å². The molecule has 0 atom stereocenters. The molecule has 36 heavy (non-hydrogen) atoms. The first kappa shape index (κ1) is 24.3. The minimum absolute atomic E-state index is 0.00930. The fourth-order valence-electron chi connectivity index (χ4n) is 5.46. The zero-order valence-corrected chi connectivity index (χ0v) is 21.2. The van der Waals surface area contributed by atoms with Crippen LogP contribution in [0.25, 0.3) is 22.7 Å². The number of piperidine rings is 1. The van der Waals surface area contributed by atoms with Crippen LogP contribution in [0, 0.1) is 0 Å². The predicted octanol–water partition coefficient (Wildman–Crippen LogP) is 4.69. The van der Waals surface area contributed by atoms with Crippen LogP contribution in [-0.4, -0.2) is 70.8 Å². The van der Waals surface area contributed by atoms with Gasteiger partial charge in [0.2, 0.25) is 0 Å². The number of carbonyl (C=O) groups excluding carboxylic acids is 2. The summed E-state index contributed by atoms with van der Waals surface area (Å²) in [6.45, 7) is 5.89. The van der Waals surface area contributed by atoms with Gasteiger partial charge in [0.05, 0.1) is 18.3 Å². The Kier molecular flexibility index (Phi) is 7.18. The van der Waals surface area contributed by atoms with E-state index in [-0.39, 0.29) is 11.9 Å². The molecule has 188 valence electrons. The van der Waals surface area contributed by atoms with Gasteiger partial charge in [0.1, 0.15) is 0 Å². The number of hydrogen-bond acceptors (Lipinski definition) is 5. The molecule has 0 spiro atoms. The molecule has 2 aliphatic heterocycles. The third-order valence-electron chi connectivity index (χ3n) is 7.51. The van der Waals surface area contributed by atoms with E-state index in [0.29, 0.717) is 23.7 Å². The molecule has 2 saturated heterocycles. The van der Waals surface area contributed by atoms with Crippen LogP contribution >= 0.6 is 0 Å². The van der Waals surface area contributed by atoms with Crippen molar-refractivity contribution in [2.45, 2.75) is 45.1 Å². The van der Waals surface area contributed by atoms with E-state index in [1.54, 1.807) is 0 Å². The highest BCUT2D eigenvalue weighted by atomic mass is 16.5. The molecule has 1 amide bonds. The molecule has 0 radical (unpaired) electrons. The van der Waals surface area contributed by atoms with Gasteiger partial charge in [-0.25, -0.2) is 9.48 Å². The second-order valence-electron chi connectivity index (χ2n) is 9.65. The van der Waals surface area contributed by atoms with Crippen LogP contribution in [0.1, 0.15) is 55.1 Å². The Balaban J connectivity index is 1.38. The van der Waals surface area contributed by atoms with Crippen LogP contribution in [0.15, 0.2) is 54.1 Å². The van der Waals surface area contributed by atoms with E-state index in [4.69, 9.17) is 9.84 Å². The lowest BCUT2D eigenvalue weighted by Crippen LogP contribution is -2.46. The van der Waals surface area contributed by atoms with Gasteiger partial charge in [-0.05, 0) is 75.0 Å². The molecule has 2 fully saturated rings. The summed E-state index contributed by atoms with van der Waals surface area (Å²) in [5, 5.41) is 5.67. The summed E-state index contributed by atoms with van der Waals surface area (Å²) in [7, 11) is 1.40. The largest absolute Gasteiger partial charge is 0.466 e. The Bertz CT molecular complexity index is 1260. The van der Waals surface area contributed by atoms with E-state index in [1.807, 2.05) is 71.1 Å². The van der Waals surface area contributed by atoms with Gasteiger partial charge in [-0.1, -0.05) is 37.3 Å². The Morgan fingerprint density at radius 1 is 1.00 bits per heavy atom. The number of rotatable bonds is 6. The Morgan fingerprint density at radius 2 is 1.69 bits per heavy atom. The van der Waals surface area contributed by atoms with Crippen molar-refractivity contribution in [3.05, 3.63) is 65.4 Å². The zero-order chi connectivity index (χ0) is 25.1. The number of para-hydroxylation sites is 1. The van der Waals surface area contributed by atoms with Crippen molar-refractivity contribution in [1.82, 2.24) is 19.6 Å². The minimum atomic E-state index is -0.313. The molecule has 5 rings (SSSR count). The fourth-order valence-corrected chi connectivity index (χ4v) is 5.46. The van der Waals surface area contributed by atoms with Gasteiger partial charge >= 0.3 is 5.97 Å². The van der Waals surface area contributed by atoms with Gasteiger partial charge in [-0.15, -0.1) is 0 Å². The molecule has 0 bridgehead atoms. The number of fused-ring (bicyclic) bond motifs is 1. The van der Waals surface area contributed by atoms with E-state index in [2.05, 4.69) is 4.90 Å². The second kappa shape index (κ2) is 10.7. The van der Waals surface area contributed by atoms with Gasteiger partial charge in [0.15, 0.2) is 5.69 Å². The maximum atomic E-state index is 13.6. The third-order valence-corrected chi connectivity index (χ3v) is 7.51. The average molecular weight is 487 g/mol. The smallest absolute Gasteiger partial charge is 0.333 e. The Hall–Kier alpha value is -3.45. The maximum Gasteiger partial charge on any atom is 0.333 e. The van der Waals surface area contributed by atoms with Gasteiger partial charge in [0.25, 0.3) is 5.91 Å². The molecule has 1 aromatic heterocycles. The standard InChI is InChI=1S/C29H34N4O3/c1-3-22(29(35)36-2)20-21-10-12-24(13-11-21)33-26-9-5-4-8-25(26)27(30-33)28(34)32-18-14-23(15-19-32)31-16-6-7-17-31/h4-5,8-13,20,23H,3,6-7,14-19H2,1-2H3/b22-20+. The first-order valence-electron chi connectivity index (χ1n) is 13.0. The SMILES string of the molecule is CC/C(=C\c1ccc(-n2nc(C(=O)N3CCC(N4CCCC4)CC3)c3ccccc32)cc1)C(=O)OC. The highest BCUT2D eigenvalue weighted by Crippen LogP contribution is 2.26. The maximum absolute atomic E-state index is 13.6. The summed E-state index contributed by atoms with van der Waals surface area (Å²) in [4.78, 5) is 30.1. The molecule has 2 aliphatic rings. The normalized spacial score (nSPS) is 17.6. The minimum Gasteiger partial charge on any atom is -0.466 e. The highest BCUT2D eigenvalue weighted by molar-refractivity contribution is 6.05. The zero-order valence-electron chi connectivity index (χ0n) is 21.2. The summed E-state index contributed by atoms with van der Waals surface area (Å²) in [5.74, 6) is -0.303. The number of hydrogen-bond donors (Lipinski definition) is 0. The molecular formula is C29H34N4O3. The van der Waals surface area contributed by atoms with Crippen LogP contribution in [0.5, 0.6) is 0 Å². The summed E-state index contributed by atoms with van der Waals surface area (Å²) in [5.41, 5.74) is 3.81. The molecule has 7 nitrogen and oxygen atoms in total. The van der Waals surface area contributed by atoms with E-state index in [9.17, 15) is 9.59 Å². The van der Waals surface area contributed by atoms with E-state index >= 15 is 0 Å². The lowest BCUT2D eigenvalue weighted by Gasteiger charge is -2.36. The molecule has 0 unspecified atom stereocenters. The first-order valence-corrected chi connectivity index (χ1v) is 13.0. The average Bonchev–Trinajstić information content (AvgIpc) is 3.60. The molecule has 0 N–H and O–H groups in total. The number of amides is 1. The van der Waals surface area contributed by atoms with E-state index < -0.39 is 0 Å². The number of carbonyl (C=O) groups is 2. The lowest BCUT2D eigenvalue weighted by atomic mass is 10.0. The summed E-state index contributed by atoms with van der Waals surface area (Å²) in [6.07, 6.45) is 7.10. The topological polar surface area (TPSA) is 67.7 Å². The van der Waals surface area contributed by atoms with Gasteiger partial charge in [-0.2, -0.15) is 5.10 Å².